The first-order valence-electron chi connectivity index (χ1n) is 4.79. The van der Waals surface area contributed by atoms with Crippen molar-refractivity contribution in [2.24, 2.45) is 7.05 Å². The molecule has 1 rings (SSSR count). The third-order valence-corrected chi connectivity index (χ3v) is 1.92. The Morgan fingerprint density at radius 3 is 2.71 bits per heavy atom. The fraction of sp³-hybridized carbons (Fsp3) is 0.556. The second-order valence-electron chi connectivity index (χ2n) is 3.01. The minimum absolute atomic E-state index is 0.116. The lowest BCUT2D eigenvalue weighted by Crippen LogP contribution is -2.09. The van der Waals surface area contributed by atoms with E-state index in [-0.39, 0.29) is 23.7 Å². The second-order valence-corrected chi connectivity index (χ2v) is 3.01. The molecule has 0 aliphatic carbocycles. The van der Waals surface area contributed by atoms with Crippen LogP contribution in [0.2, 0.25) is 0 Å². The van der Waals surface area contributed by atoms with Crippen LogP contribution < -0.4 is 4.74 Å². The van der Waals surface area contributed by atoms with E-state index >= 15 is 0 Å². The van der Waals surface area contributed by atoms with E-state index in [0.717, 1.165) is 4.68 Å². The summed E-state index contributed by atoms with van der Waals surface area (Å²) in [7, 11) is 1.32. The molecule has 0 bridgehead atoms. The van der Waals surface area contributed by atoms with Crippen LogP contribution >= 0.6 is 0 Å². The number of aryl methyl sites for hydroxylation is 1. The first-order chi connectivity index (χ1) is 8.01. The number of aliphatic hydroxyl groups excluding tert-OH is 1. The van der Waals surface area contributed by atoms with Gasteiger partial charge in [-0.3, -0.25) is 0 Å². The zero-order valence-corrected chi connectivity index (χ0v) is 9.31. The Labute approximate surface area is 95.7 Å². The zero-order chi connectivity index (χ0) is 13.0. The summed E-state index contributed by atoms with van der Waals surface area (Å²) in [5.41, 5.74) is -0.348. The van der Waals surface area contributed by atoms with Gasteiger partial charge in [0, 0.05) is 7.05 Å². The van der Waals surface area contributed by atoms with Gasteiger partial charge < -0.3 is 14.6 Å². The number of halogens is 2. The van der Waals surface area contributed by atoms with E-state index in [2.05, 4.69) is 14.6 Å². The van der Waals surface area contributed by atoms with E-state index < -0.39 is 19.2 Å². The standard InChI is InChI=1S/C9H12F2N2O4/c1-3-16-8(15)6-5(4-14)7(13(2)12-6)17-9(10)11/h9,14H,3-4H2,1-2H3. The summed E-state index contributed by atoms with van der Waals surface area (Å²) in [5, 5.41) is 12.7. The number of hydrogen-bond donors (Lipinski definition) is 1. The molecule has 0 spiro atoms. The van der Waals surface area contributed by atoms with E-state index in [0.29, 0.717) is 0 Å². The summed E-state index contributed by atoms with van der Waals surface area (Å²) < 4.78 is 34.0. The van der Waals surface area contributed by atoms with Crippen molar-refractivity contribution in [2.75, 3.05) is 6.61 Å². The van der Waals surface area contributed by atoms with Crippen molar-refractivity contribution in [3.63, 3.8) is 0 Å². The van der Waals surface area contributed by atoms with Gasteiger partial charge in [-0.15, -0.1) is 0 Å². The maximum Gasteiger partial charge on any atom is 0.388 e. The number of aliphatic hydroxyl groups is 1. The molecule has 0 saturated heterocycles. The van der Waals surface area contributed by atoms with E-state index in [4.69, 9.17) is 5.11 Å². The van der Waals surface area contributed by atoms with Crippen LogP contribution in [0, 0.1) is 0 Å². The molecule has 0 amide bonds. The number of esters is 1. The number of aromatic nitrogens is 2. The smallest absolute Gasteiger partial charge is 0.388 e. The molecule has 0 saturated carbocycles. The topological polar surface area (TPSA) is 73.6 Å². The third kappa shape index (κ3) is 2.90. The van der Waals surface area contributed by atoms with Gasteiger partial charge >= 0.3 is 12.6 Å². The molecule has 1 N–H and O–H groups in total. The van der Waals surface area contributed by atoms with Gasteiger partial charge in [-0.1, -0.05) is 0 Å². The molecule has 1 aromatic rings. The monoisotopic (exact) mass is 250 g/mol. The molecule has 8 heteroatoms. The summed E-state index contributed by atoms with van der Waals surface area (Å²) >= 11 is 0. The van der Waals surface area contributed by atoms with E-state index in [1.54, 1.807) is 6.92 Å². The van der Waals surface area contributed by atoms with Crippen molar-refractivity contribution in [3.05, 3.63) is 11.3 Å². The molecule has 0 aliphatic rings. The molecule has 0 radical (unpaired) electrons. The number of ether oxygens (including phenoxy) is 2. The number of carbonyl (C=O) groups is 1. The van der Waals surface area contributed by atoms with Crippen LogP contribution in [-0.2, 0) is 18.4 Å². The molecule has 1 aromatic heterocycles. The number of carbonyl (C=O) groups excluding carboxylic acids is 1. The van der Waals surface area contributed by atoms with Crippen LogP contribution in [0.4, 0.5) is 8.78 Å². The van der Waals surface area contributed by atoms with Crippen molar-refractivity contribution in [1.82, 2.24) is 9.78 Å². The molecular formula is C9H12F2N2O4. The Kier molecular flexibility index (Phi) is 4.38. The minimum Gasteiger partial charge on any atom is -0.461 e. The molecule has 1 heterocycles. The van der Waals surface area contributed by atoms with Crippen molar-refractivity contribution in [3.8, 4) is 5.88 Å². The van der Waals surface area contributed by atoms with Gasteiger partial charge in [0.05, 0.1) is 18.8 Å². The fourth-order valence-corrected chi connectivity index (χ4v) is 1.29. The fourth-order valence-electron chi connectivity index (χ4n) is 1.29. The minimum atomic E-state index is -3.06. The average Bonchev–Trinajstić information content (AvgIpc) is 2.55. The number of nitrogens with zero attached hydrogens (tertiary/aromatic N) is 2. The first-order valence-corrected chi connectivity index (χ1v) is 4.79. The summed E-state index contributed by atoms with van der Waals surface area (Å²) in [6.45, 7) is -2.00. The van der Waals surface area contributed by atoms with Crippen LogP contribution in [0.15, 0.2) is 0 Å². The Balaban J connectivity index is 3.11. The van der Waals surface area contributed by atoms with E-state index in [1.807, 2.05) is 0 Å². The quantitative estimate of drug-likeness (QED) is 0.778. The lowest BCUT2D eigenvalue weighted by molar-refractivity contribution is -0.0564. The molecule has 0 aliphatic heterocycles. The lowest BCUT2D eigenvalue weighted by Gasteiger charge is -2.05. The van der Waals surface area contributed by atoms with Crippen LogP contribution in [0.3, 0.4) is 0 Å². The highest BCUT2D eigenvalue weighted by atomic mass is 19.3. The molecule has 0 unspecified atom stereocenters. The maximum atomic E-state index is 12.1. The number of alkyl halides is 2. The molecule has 96 valence electrons. The number of rotatable bonds is 5. The Bertz CT molecular complexity index is 406. The van der Waals surface area contributed by atoms with Gasteiger partial charge in [0.15, 0.2) is 5.69 Å². The van der Waals surface area contributed by atoms with Crippen molar-refractivity contribution >= 4 is 5.97 Å². The highest BCUT2D eigenvalue weighted by Crippen LogP contribution is 2.24. The van der Waals surface area contributed by atoms with Gasteiger partial charge in [0.1, 0.15) is 0 Å². The van der Waals surface area contributed by atoms with Gasteiger partial charge in [-0.2, -0.15) is 13.9 Å². The molecule has 0 atom stereocenters. The average molecular weight is 250 g/mol. The van der Waals surface area contributed by atoms with Crippen molar-refractivity contribution in [1.29, 1.82) is 0 Å². The van der Waals surface area contributed by atoms with Crippen LogP contribution in [0.1, 0.15) is 23.0 Å². The van der Waals surface area contributed by atoms with Crippen molar-refractivity contribution < 1.29 is 28.2 Å². The summed E-state index contributed by atoms with van der Waals surface area (Å²) in [6, 6.07) is 0. The van der Waals surface area contributed by atoms with Crippen LogP contribution in [0.25, 0.3) is 0 Å². The molecule has 17 heavy (non-hydrogen) atoms. The maximum absolute atomic E-state index is 12.1. The largest absolute Gasteiger partial charge is 0.461 e. The Morgan fingerprint density at radius 2 is 2.24 bits per heavy atom. The summed E-state index contributed by atoms with van der Waals surface area (Å²) in [4.78, 5) is 11.4. The van der Waals surface area contributed by atoms with Gasteiger partial charge in [-0.25, -0.2) is 9.48 Å². The van der Waals surface area contributed by atoms with E-state index in [9.17, 15) is 13.6 Å². The molecule has 0 fully saturated rings. The number of hydrogen-bond acceptors (Lipinski definition) is 5. The zero-order valence-electron chi connectivity index (χ0n) is 9.31. The Morgan fingerprint density at radius 1 is 1.59 bits per heavy atom. The summed E-state index contributed by atoms with van der Waals surface area (Å²) in [6.07, 6.45) is 0. The Hall–Kier alpha value is -1.70. The van der Waals surface area contributed by atoms with Gasteiger partial charge in [0.2, 0.25) is 5.88 Å². The SMILES string of the molecule is CCOC(=O)c1nn(C)c(OC(F)F)c1CO. The van der Waals surface area contributed by atoms with Gasteiger partial charge in [0.25, 0.3) is 0 Å². The van der Waals surface area contributed by atoms with Crippen LogP contribution in [-0.4, -0.2) is 34.1 Å². The highest BCUT2D eigenvalue weighted by molar-refractivity contribution is 5.89. The molecule has 0 aromatic carbocycles. The summed E-state index contributed by atoms with van der Waals surface area (Å²) in [5.74, 6) is -1.15. The second kappa shape index (κ2) is 5.58. The molecule has 6 nitrogen and oxygen atoms in total. The normalized spacial score (nSPS) is 10.7. The predicted molar refractivity (Wildman–Crippen MR) is 51.7 cm³/mol. The van der Waals surface area contributed by atoms with E-state index in [1.165, 1.54) is 7.05 Å². The van der Waals surface area contributed by atoms with Crippen molar-refractivity contribution in [2.45, 2.75) is 20.1 Å². The highest BCUT2D eigenvalue weighted by Gasteiger charge is 2.25. The van der Waals surface area contributed by atoms with Gasteiger partial charge in [-0.05, 0) is 6.92 Å². The molecular weight excluding hydrogens is 238 g/mol. The van der Waals surface area contributed by atoms with Crippen LogP contribution in [0.5, 0.6) is 5.88 Å². The predicted octanol–water partition coefficient (Wildman–Crippen LogP) is 0.691. The third-order valence-electron chi connectivity index (χ3n) is 1.92. The lowest BCUT2D eigenvalue weighted by atomic mass is 10.2. The first kappa shape index (κ1) is 13.4.